The van der Waals surface area contributed by atoms with Crippen molar-refractivity contribution in [3.05, 3.63) is 0 Å². The average Bonchev–Trinajstić information content (AvgIpc) is 1.88. The fourth-order valence-corrected chi connectivity index (χ4v) is 0. The Morgan fingerprint density at radius 1 is 0.500 bits per heavy atom. The Balaban J connectivity index is -0.0000000112. The molecule has 1 radical (unpaired) electrons. The molecule has 0 aromatic rings. The fraction of sp³-hybridized carbons (Fsp3) is 1.00. The minimum atomic E-state index is 0. The van der Waals surface area contributed by atoms with E-state index in [-0.39, 0.29) is 59.6 Å². The van der Waals surface area contributed by atoms with Gasteiger partial charge in [-0.25, -0.2) is 0 Å². The van der Waals surface area contributed by atoms with Crippen molar-refractivity contribution in [2.24, 2.45) is 22.9 Å². The van der Waals surface area contributed by atoms with Gasteiger partial charge in [0.15, 0.2) is 0 Å². The van der Waals surface area contributed by atoms with Crippen molar-refractivity contribution in [3.8, 4) is 0 Å². The molecule has 0 rings (SSSR count). The zero-order valence-electron chi connectivity index (χ0n) is 6.66. The van der Waals surface area contributed by atoms with Crippen LogP contribution in [0.15, 0.2) is 0 Å². The third kappa shape index (κ3) is 105. The molecule has 4 nitrogen and oxygen atoms in total. The van der Waals surface area contributed by atoms with E-state index >= 15 is 0 Å². The summed E-state index contributed by atoms with van der Waals surface area (Å²) in [7, 11) is 0. The van der Waals surface area contributed by atoms with E-state index in [4.69, 9.17) is 22.9 Å². The monoisotopic (exact) mass is 425 g/mol. The average molecular weight is 427 g/mol. The van der Waals surface area contributed by atoms with E-state index in [0.717, 1.165) is 0 Å². The molecule has 87 valence electrons. The number of hydrogen-bond donors (Lipinski definition) is 4. The normalized spacial score (nSPS) is 5.00. The summed E-state index contributed by atoms with van der Waals surface area (Å²) in [6.07, 6.45) is 0. The molecule has 0 aromatic heterocycles. The van der Waals surface area contributed by atoms with Crippen LogP contribution >= 0.6 is 37.2 Å². The van der Waals surface area contributed by atoms with Gasteiger partial charge in [-0.2, -0.15) is 0 Å². The molecule has 0 saturated heterocycles. The third-order valence-corrected chi connectivity index (χ3v) is 0.333. The minimum Gasteiger partial charge on any atom is -0.329 e. The molecule has 0 aliphatic rings. The SMILES string of the molecule is Cl.Cl.Cl.NCCN.NCCN.[Au]. The second kappa shape index (κ2) is 55.0. The predicted molar refractivity (Wildman–Crippen MR) is 58.0 cm³/mol. The summed E-state index contributed by atoms with van der Waals surface area (Å²) in [5.41, 5.74) is 19.6. The van der Waals surface area contributed by atoms with Crippen molar-refractivity contribution in [3.63, 3.8) is 0 Å². The van der Waals surface area contributed by atoms with Gasteiger partial charge in [0.1, 0.15) is 0 Å². The van der Waals surface area contributed by atoms with E-state index in [9.17, 15) is 0 Å². The Bertz CT molecular complexity index is 30.3. The first-order valence-electron chi connectivity index (χ1n) is 2.63. The molecule has 0 bridgehead atoms. The second-order valence-electron chi connectivity index (χ2n) is 1.15. The maximum Gasteiger partial charge on any atom is 0.00461 e. The van der Waals surface area contributed by atoms with E-state index in [0.29, 0.717) is 26.2 Å². The molecule has 0 spiro atoms. The Labute approximate surface area is 108 Å². The molecule has 0 heterocycles. The van der Waals surface area contributed by atoms with E-state index < -0.39 is 0 Å². The minimum absolute atomic E-state index is 0. The van der Waals surface area contributed by atoms with Crippen LogP contribution in [0.1, 0.15) is 0 Å². The summed E-state index contributed by atoms with van der Waals surface area (Å²) >= 11 is 0. The van der Waals surface area contributed by atoms with Gasteiger partial charge in [0.05, 0.1) is 0 Å². The number of halogens is 3. The molecular weight excluding hydrogens is 407 g/mol. The zero-order valence-corrected chi connectivity index (χ0v) is 11.3. The van der Waals surface area contributed by atoms with Gasteiger partial charge < -0.3 is 22.9 Å². The zero-order chi connectivity index (χ0) is 6.83. The van der Waals surface area contributed by atoms with Crippen LogP contribution in [0.5, 0.6) is 0 Å². The quantitative estimate of drug-likeness (QED) is 0.428. The first-order chi connectivity index (χ1) is 3.83. The molecule has 0 saturated carbocycles. The van der Waals surface area contributed by atoms with Gasteiger partial charge in [-0.15, -0.1) is 37.2 Å². The van der Waals surface area contributed by atoms with Crippen molar-refractivity contribution in [2.45, 2.75) is 0 Å². The van der Waals surface area contributed by atoms with Crippen LogP contribution in [-0.2, 0) is 22.4 Å². The molecule has 0 aromatic carbocycles. The van der Waals surface area contributed by atoms with Crippen molar-refractivity contribution in [1.29, 1.82) is 0 Å². The Hall–Kier alpha value is 1.45. The van der Waals surface area contributed by atoms with Gasteiger partial charge in [0.25, 0.3) is 0 Å². The van der Waals surface area contributed by atoms with Gasteiger partial charge >= 0.3 is 0 Å². The van der Waals surface area contributed by atoms with E-state index in [1.54, 1.807) is 0 Å². The topological polar surface area (TPSA) is 104 Å². The molecule has 0 atom stereocenters. The summed E-state index contributed by atoms with van der Waals surface area (Å²) in [5.74, 6) is 0. The van der Waals surface area contributed by atoms with Crippen molar-refractivity contribution >= 4 is 37.2 Å². The maximum atomic E-state index is 4.90. The van der Waals surface area contributed by atoms with Crippen LogP contribution in [0.4, 0.5) is 0 Å². The first-order valence-corrected chi connectivity index (χ1v) is 2.63. The summed E-state index contributed by atoms with van der Waals surface area (Å²) in [6.45, 7) is 2.39. The summed E-state index contributed by atoms with van der Waals surface area (Å²) in [4.78, 5) is 0. The number of rotatable bonds is 2. The molecule has 0 aliphatic carbocycles. The van der Waals surface area contributed by atoms with Crippen LogP contribution < -0.4 is 22.9 Å². The van der Waals surface area contributed by atoms with E-state index in [1.165, 1.54) is 0 Å². The van der Waals surface area contributed by atoms with Crippen LogP contribution in [0.3, 0.4) is 0 Å². The third-order valence-electron chi connectivity index (χ3n) is 0.333. The van der Waals surface area contributed by atoms with E-state index in [2.05, 4.69) is 0 Å². The summed E-state index contributed by atoms with van der Waals surface area (Å²) in [6, 6.07) is 0. The van der Waals surface area contributed by atoms with Crippen LogP contribution in [0.2, 0.25) is 0 Å². The predicted octanol–water partition coefficient (Wildman–Crippen LogP) is -0.929. The van der Waals surface area contributed by atoms with Crippen LogP contribution in [0.25, 0.3) is 0 Å². The molecule has 0 fully saturated rings. The van der Waals surface area contributed by atoms with E-state index in [1.807, 2.05) is 0 Å². The molecule has 8 N–H and O–H groups in total. The molecule has 0 aliphatic heterocycles. The number of hydrogen-bond acceptors (Lipinski definition) is 4. The Morgan fingerprint density at radius 2 is 0.583 bits per heavy atom. The smallest absolute Gasteiger partial charge is 0.00461 e. The number of nitrogens with two attached hydrogens (primary N) is 4. The molecule has 8 heteroatoms. The maximum absolute atomic E-state index is 4.90. The standard InChI is InChI=1S/2C2H8N2.Au.3ClH/c2*3-1-2-4;;;;/h2*1-4H2;;3*1H. The first kappa shape index (κ1) is 37.6. The Morgan fingerprint density at radius 3 is 0.583 bits per heavy atom. The molecule has 12 heavy (non-hydrogen) atoms. The van der Waals surface area contributed by atoms with Gasteiger partial charge in [-0.3, -0.25) is 0 Å². The molecule has 0 amide bonds. The van der Waals surface area contributed by atoms with Gasteiger partial charge in [-0.05, 0) is 0 Å². The molecular formula is C4H19AuCl3N4. The summed E-state index contributed by atoms with van der Waals surface area (Å²) < 4.78 is 0. The van der Waals surface area contributed by atoms with Gasteiger partial charge in [0, 0.05) is 48.6 Å². The molecule has 0 unspecified atom stereocenters. The van der Waals surface area contributed by atoms with Gasteiger partial charge in [-0.1, -0.05) is 0 Å². The fourth-order valence-electron chi connectivity index (χ4n) is 0. The van der Waals surface area contributed by atoms with Crippen molar-refractivity contribution in [1.82, 2.24) is 0 Å². The van der Waals surface area contributed by atoms with Gasteiger partial charge in [0.2, 0.25) is 0 Å². The summed E-state index contributed by atoms with van der Waals surface area (Å²) in [5, 5.41) is 0. The largest absolute Gasteiger partial charge is 0.329 e. The Kier molecular flexibility index (Phi) is 172. The van der Waals surface area contributed by atoms with Crippen LogP contribution in [0, 0.1) is 0 Å². The van der Waals surface area contributed by atoms with Crippen molar-refractivity contribution in [2.75, 3.05) is 26.2 Å². The second-order valence-corrected chi connectivity index (χ2v) is 1.15. The van der Waals surface area contributed by atoms with Crippen molar-refractivity contribution < 1.29 is 22.4 Å². The van der Waals surface area contributed by atoms with Crippen LogP contribution in [-0.4, -0.2) is 26.2 Å².